The van der Waals surface area contributed by atoms with Crippen LogP contribution in [0.5, 0.6) is 0 Å². The lowest BCUT2D eigenvalue weighted by atomic mass is 10.0. The average molecular weight is 219 g/mol. The molecular formula is C13H21N3. The van der Waals surface area contributed by atoms with E-state index in [0.717, 1.165) is 32.5 Å². The molecule has 1 aliphatic rings. The summed E-state index contributed by atoms with van der Waals surface area (Å²) in [5.41, 5.74) is 1.38. The fourth-order valence-corrected chi connectivity index (χ4v) is 2.22. The van der Waals surface area contributed by atoms with Crippen molar-refractivity contribution in [3.05, 3.63) is 35.9 Å². The third-order valence-electron chi connectivity index (χ3n) is 3.37. The van der Waals surface area contributed by atoms with Crippen LogP contribution >= 0.6 is 0 Å². The highest BCUT2D eigenvalue weighted by atomic mass is 15.4. The standard InChI is InChI=1S/C13H21N3/c1-15-8-7-13(16(14)10-9-15)11-12-5-3-2-4-6-12/h2-6,13H,7-11,14H2,1H3. The molecule has 3 nitrogen and oxygen atoms in total. The van der Waals surface area contributed by atoms with Crippen molar-refractivity contribution in [2.75, 3.05) is 26.7 Å². The minimum absolute atomic E-state index is 0.479. The zero-order chi connectivity index (χ0) is 11.4. The second kappa shape index (κ2) is 5.43. The second-order valence-corrected chi connectivity index (χ2v) is 4.67. The smallest absolute Gasteiger partial charge is 0.0294 e. The van der Waals surface area contributed by atoms with Crippen molar-refractivity contribution in [2.24, 2.45) is 5.84 Å². The third-order valence-corrected chi connectivity index (χ3v) is 3.37. The number of hydrogen-bond acceptors (Lipinski definition) is 3. The SMILES string of the molecule is CN1CCC(Cc2ccccc2)N(N)CC1. The normalized spacial score (nSPS) is 24.2. The largest absolute Gasteiger partial charge is 0.305 e. The molecule has 0 bridgehead atoms. The maximum absolute atomic E-state index is 6.10. The Labute approximate surface area is 97.8 Å². The molecule has 3 heteroatoms. The van der Waals surface area contributed by atoms with E-state index in [1.807, 2.05) is 5.01 Å². The molecule has 1 unspecified atom stereocenters. The first-order chi connectivity index (χ1) is 7.75. The van der Waals surface area contributed by atoms with Gasteiger partial charge >= 0.3 is 0 Å². The van der Waals surface area contributed by atoms with E-state index >= 15 is 0 Å². The van der Waals surface area contributed by atoms with Gasteiger partial charge < -0.3 is 4.90 Å². The van der Waals surface area contributed by atoms with Crippen LogP contribution in [-0.4, -0.2) is 42.6 Å². The van der Waals surface area contributed by atoms with Crippen LogP contribution < -0.4 is 5.84 Å². The van der Waals surface area contributed by atoms with Crippen LogP contribution in [-0.2, 0) is 6.42 Å². The molecule has 0 radical (unpaired) electrons. The van der Waals surface area contributed by atoms with Gasteiger partial charge in [0.2, 0.25) is 0 Å². The van der Waals surface area contributed by atoms with E-state index in [1.54, 1.807) is 0 Å². The van der Waals surface area contributed by atoms with Crippen LogP contribution in [0.1, 0.15) is 12.0 Å². The Balaban J connectivity index is 1.98. The summed E-state index contributed by atoms with van der Waals surface area (Å²) < 4.78 is 0. The van der Waals surface area contributed by atoms with Gasteiger partial charge in [0.05, 0.1) is 0 Å². The predicted molar refractivity (Wildman–Crippen MR) is 66.9 cm³/mol. The van der Waals surface area contributed by atoms with Crippen molar-refractivity contribution < 1.29 is 0 Å². The Morgan fingerprint density at radius 3 is 2.69 bits per heavy atom. The maximum atomic E-state index is 6.10. The van der Waals surface area contributed by atoms with E-state index in [1.165, 1.54) is 5.56 Å². The molecule has 0 aliphatic carbocycles. The quantitative estimate of drug-likeness (QED) is 0.756. The molecule has 1 atom stereocenters. The summed E-state index contributed by atoms with van der Waals surface area (Å²) in [5.74, 6) is 6.10. The van der Waals surface area contributed by atoms with Gasteiger partial charge in [-0.25, -0.2) is 5.01 Å². The van der Waals surface area contributed by atoms with Crippen LogP contribution in [0.25, 0.3) is 0 Å². The molecule has 1 saturated heterocycles. The topological polar surface area (TPSA) is 32.5 Å². The van der Waals surface area contributed by atoms with Crippen LogP contribution in [0.3, 0.4) is 0 Å². The van der Waals surface area contributed by atoms with Gasteiger partial charge in [-0.3, -0.25) is 5.84 Å². The fourth-order valence-electron chi connectivity index (χ4n) is 2.22. The van der Waals surface area contributed by atoms with Crippen LogP contribution in [0.15, 0.2) is 30.3 Å². The molecule has 2 rings (SSSR count). The Bertz CT molecular complexity index is 312. The van der Waals surface area contributed by atoms with Gasteiger partial charge in [-0.1, -0.05) is 30.3 Å². The van der Waals surface area contributed by atoms with Gasteiger partial charge in [-0.15, -0.1) is 0 Å². The number of benzene rings is 1. The first kappa shape index (κ1) is 11.6. The Hall–Kier alpha value is -0.900. The summed E-state index contributed by atoms with van der Waals surface area (Å²) in [6, 6.07) is 11.1. The highest BCUT2D eigenvalue weighted by Crippen LogP contribution is 2.12. The molecule has 2 N–H and O–H groups in total. The summed E-state index contributed by atoms with van der Waals surface area (Å²) in [5, 5.41) is 2.01. The summed E-state index contributed by atoms with van der Waals surface area (Å²) in [6.45, 7) is 3.18. The minimum atomic E-state index is 0.479. The van der Waals surface area contributed by atoms with Crippen LogP contribution in [0.4, 0.5) is 0 Å². The lowest BCUT2D eigenvalue weighted by molar-refractivity contribution is 0.207. The van der Waals surface area contributed by atoms with Gasteiger partial charge in [-0.05, 0) is 32.0 Å². The molecule has 88 valence electrons. The number of rotatable bonds is 2. The first-order valence-corrected chi connectivity index (χ1v) is 5.99. The number of hydrogen-bond donors (Lipinski definition) is 1. The van der Waals surface area contributed by atoms with E-state index in [0.29, 0.717) is 6.04 Å². The zero-order valence-electron chi connectivity index (χ0n) is 9.97. The van der Waals surface area contributed by atoms with E-state index in [-0.39, 0.29) is 0 Å². The number of hydrazine groups is 1. The van der Waals surface area contributed by atoms with Gasteiger partial charge in [-0.2, -0.15) is 0 Å². The Kier molecular flexibility index (Phi) is 3.93. The number of likely N-dealkylation sites (N-methyl/N-ethyl adjacent to an activating group) is 1. The monoisotopic (exact) mass is 219 g/mol. The lowest BCUT2D eigenvalue weighted by Crippen LogP contribution is -2.43. The average Bonchev–Trinajstić information content (AvgIpc) is 2.46. The number of nitrogens with two attached hydrogens (primary N) is 1. The van der Waals surface area contributed by atoms with E-state index in [2.05, 4.69) is 42.3 Å². The van der Waals surface area contributed by atoms with Crippen molar-refractivity contribution in [2.45, 2.75) is 18.9 Å². The van der Waals surface area contributed by atoms with Crippen molar-refractivity contribution in [1.29, 1.82) is 0 Å². The fraction of sp³-hybridized carbons (Fsp3) is 0.538. The molecule has 1 heterocycles. The molecule has 1 aliphatic heterocycles. The van der Waals surface area contributed by atoms with Gasteiger partial charge in [0, 0.05) is 19.1 Å². The van der Waals surface area contributed by atoms with E-state index < -0.39 is 0 Å². The first-order valence-electron chi connectivity index (χ1n) is 5.99. The zero-order valence-corrected chi connectivity index (χ0v) is 9.97. The summed E-state index contributed by atoms with van der Waals surface area (Å²) in [7, 11) is 2.17. The van der Waals surface area contributed by atoms with Crippen LogP contribution in [0, 0.1) is 0 Å². The van der Waals surface area contributed by atoms with Crippen molar-refractivity contribution in [1.82, 2.24) is 9.91 Å². The molecule has 16 heavy (non-hydrogen) atoms. The molecular weight excluding hydrogens is 198 g/mol. The molecule has 0 aromatic heterocycles. The highest BCUT2D eigenvalue weighted by molar-refractivity contribution is 5.15. The summed E-state index contributed by atoms with van der Waals surface area (Å²) >= 11 is 0. The minimum Gasteiger partial charge on any atom is -0.305 e. The van der Waals surface area contributed by atoms with Gasteiger partial charge in [0.25, 0.3) is 0 Å². The molecule has 0 saturated carbocycles. The molecule has 0 amide bonds. The van der Waals surface area contributed by atoms with Crippen molar-refractivity contribution in [3.8, 4) is 0 Å². The molecule has 1 aromatic rings. The third kappa shape index (κ3) is 3.04. The van der Waals surface area contributed by atoms with Crippen molar-refractivity contribution in [3.63, 3.8) is 0 Å². The van der Waals surface area contributed by atoms with Gasteiger partial charge in [0.15, 0.2) is 0 Å². The van der Waals surface area contributed by atoms with E-state index in [4.69, 9.17) is 5.84 Å². The summed E-state index contributed by atoms with van der Waals surface area (Å²) in [6.07, 6.45) is 2.22. The maximum Gasteiger partial charge on any atom is 0.0294 e. The number of nitrogens with zero attached hydrogens (tertiary/aromatic N) is 2. The predicted octanol–water partition coefficient (Wildman–Crippen LogP) is 1.11. The van der Waals surface area contributed by atoms with Crippen molar-refractivity contribution >= 4 is 0 Å². The van der Waals surface area contributed by atoms with Crippen LogP contribution in [0.2, 0.25) is 0 Å². The van der Waals surface area contributed by atoms with Gasteiger partial charge in [0.1, 0.15) is 0 Å². The molecule has 1 fully saturated rings. The Morgan fingerprint density at radius 2 is 1.94 bits per heavy atom. The molecule has 1 aromatic carbocycles. The highest BCUT2D eigenvalue weighted by Gasteiger charge is 2.20. The lowest BCUT2D eigenvalue weighted by Gasteiger charge is -2.24. The van der Waals surface area contributed by atoms with E-state index in [9.17, 15) is 0 Å². The molecule has 0 spiro atoms. The summed E-state index contributed by atoms with van der Waals surface area (Å²) in [4.78, 5) is 2.35. The Morgan fingerprint density at radius 1 is 1.19 bits per heavy atom. The second-order valence-electron chi connectivity index (χ2n) is 4.67.